The Labute approximate surface area is 496 Å². The van der Waals surface area contributed by atoms with Crippen LogP contribution in [0, 0.1) is 18.7 Å². The number of nitrogens with two attached hydrogens (primary N) is 3. The maximum absolute atomic E-state index is 15.9. The van der Waals surface area contributed by atoms with Crippen molar-refractivity contribution in [2.75, 3.05) is 52.9 Å². The van der Waals surface area contributed by atoms with Crippen LogP contribution in [-0.2, 0) is 27.1 Å². The van der Waals surface area contributed by atoms with Crippen LogP contribution in [0.15, 0.2) is 95.9 Å². The van der Waals surface area contributed by atoms with Crippen LogP contribution in [-0.4, -0.2) is 130 Å². The number of methoxy groups -OCH3 is 1. The Morgan fingerprint density at radius 1 is 1.10 bits per heavy atom. The van der Waals surface area contributed by atoms with Crippen LogP contribution in [0.2, 0.25) is 5.02 Å². The number of alkyl halides is 6. The molecular formula is C60H67ClF4IN12O6+. The number of anilines is 2. The molecule has 4 aromatic carbocycles. The number of nitrogens with one attached hydrogen (secondary N) is 1. The van der Waals surface area contributed by atoms with Crippen molar-refractivity contribution in [1.82, 2.24) is 30.2 Å². The molecule has 0 saturated carbocycles. The molecule has 0 radical (unpaired) electrons. The number of amides is 2. The van der Waals surface area contributed by atoms with Gasteiger partial charge in [-0.3, -0.25) is 14.6 Å². The molecule has 0 unspecified atom stereocenters. The minimum absolute atomic E-state index is 0.0211. The molecule has 3 aliphatic heterocycles. The molecule has 6 aromatic rings. The summed E-state index contributed by atoms with van der Waals surface area (Å²) in [7, 11) is 1.48. The molecule has 3 saturated heterocycles. The van der Waals surface area contributed by atoms with Crippen LogP contribution in [0.25, 0.3) is 33.3 Å². The summed E-state index contributed by atoms with van der Waals surface area (Å²) in [6.45, 7) is 11.2. The van der Waals surface area contributed by atoms with E-state index in [0.717, 1.165) is 39.2 Å². The quantitative estimate of drug-likeness (QED) is 0.00635. The van der Waals surface area contributed by atoms with Crippen molar-refractivity contribution < 1.29 is 51.9 Å². The number of aromatic nitrogens is 4. The molecule has 8 N–H and O–H groups in total. The molecule has 6 atom stereocenters. The monoisotopic (exact) mass is 1290 g/mol. The minimum atomic E-state index is -5.03. The third kappa shape index (κ3) is 12.7. The van der Waals surface area contributed by atoms with Gasteiger partial charge >= 0.3 is 284 Å². The summed E-state index contributed by atoms with van der Waals surface area (Å²) in [5.74, 6) is 3.88. The number of hydrazone groups is 1. The molecule has 444 valence electrons. The number of ether oxygens (including phenoxy) is 3. The molecule has 18 nitrogen and oxygen atoms in total. The zero-order valence-corrected chi connectivity index (χ0v) is 50.0. The number of aliphatic hydroxyl groups excluding tert-OH is 1. The van der Waals surface area contributed by atoms with Gasteiger partial charge in [-0.25, -0.2) is 9.97 Å². The number of aliphatic hydroxyl groups is 1. The van der Waals surface area contributed by atoms with Gasteiger partial charge in [-0.1, -0.05) is 49.7 Å². The predicted octanol–water partition coefficient (Wildman–Crippen LogP) is 7.88. The summed E-state index contributed by atoms with van der Waals surface area (Å²) in [5, 5.41) is 23.8. The average Bonchev–Trinajstić information content (AvgIpc) is 1.36. The van der Waals surface area contributed by atoms with Gasteiger partial charge in [0.15, 0.2) is 0 Å². The van der Waals surface area contributed by atoms with E-state index in [0.29, 0.717) is 57.3 Å². The topological polar surface area (TPSA) is 254 Å². The second kappa shape index (κ2) is 26.3. The molecule has 84 heavy (non-hydrogen) atoms. The Morgan fingerprint density at radius 2 is 1.85 bits per heavy atom. The molecule has 2 bridgehead atoms. The SMILES string of the molecule is C=C[C@@H](COc1nc(N2C[C@@H]3C[C@H]2CI3CC)c2cc(C(F)(F)F)c(-c3c(C)c(F)cc(N)c3C=[NH2+])c(OCc3ccc(/C(C=N[C@H](C(=O)N4CCC[C@H]4C(=O)N[C@@H](CO)c4ccc(-c5ncncc5Cl)cc4)C(C)C)=N/N)cc3)c2n1)OC. The number of hydrogen-bond acceptors (Lipinski definition) is 15. The molecule has 2 amide bonds. The van der Waals surface area contributed by atoms with Gasteiger partial charge in [-0.05, 0) is 24.3 Å². The molecule has 5 heterocycles. The fourth-order valence-corrected chi connectivity index (χ4v) is 18.3. The van der Waals surface area contributed by atoms with Gasteiger partial charge < -0.3 is 21.2 Å². The standard InChI is InChI=1S/C60H66ClF4IN12O6/c1-7-40(82-6)30-84-59-74-54-41(56(75-59)78-27-38-20-39(78)23-66(38)8-2)21-43(60(63,64)65)51(50-33(5)45(62)22-46(68)42(50)24-67)55(54)83-29-34-11-13-35(14-12-34)47(76-69)26-71-52(32(3)4)58(81)77-19-9-10-49(77)57(80)73-48(28-79)36-15-17-37(18-16-36)53-44(61)25-70-31-72-53/h7,11-18,21-22,24-26,31-32,38-40,48-49,52,67,79H,1,8-10,19-20,23,27-30,68-69H2,2-6H3,(H,73,80)/p+1/b67-24?,71-26?,76-47+/t38-,39-,40-,48-,49-,52-/m0/s1. The van der Waals surface area contributed by atoms with Crippen LogP contribution in [0.5, 0.6) is 11.8 Å². The van der Waals surface area contributed by atoms with Gasteiger partial charge in [0.05, 0.1) is 29.6 Å². The van der Waals surface area contributed by atoms with E-state index in [-0.39, 0.29) is 87.7 Å². The van der Waals surface area contributed by atoms with Gasteiger partial charge in [0.25, 0.3) is 0 Å². The van der Waals surface area contributed by atoms with E-state index in [1.165, 1.54) is 37.7 Å². The fourth-order valence-electron chi connectivity index (χ4n) is 11.1. The van der Waals surface area contributed by atoms with Crippen molar-refractivity contribution in [3.05, 3.63) is 130 Å². The third-order valence-corrected chi connectivity index (χ3v) is 23.3. The normalized spacial score (nSPS) is 18.6. The number of aliphatic imine (C=N–C) groups is 1. The number of carbonyl (C=O) groups excluding carboxylic acids is 2. The van der Waals surface area contributed by atoms with Crippen LogP contribution in [0.4, 0.5) is 29.1 Å². The molecule has 9 rings (SSSR count). The number of nitrogens with zero attached hydrogens (tertiary/aromatic N) is 8. The van der Waals surface area contributed by atoms with E-state index >= 15 is 17.6 Å². The number of nitrogen functional groups attached to an aromatic ring is 1. The van der Waals surface area contributed by atoms with Gasteiger partial charge in [0, 0.05) is 23.9 Å². The Kier molecular flexibility index (Phi) is 19.2. The first-order valence-corrected chi connectivity index (χ1v) is 32.1. The number of carbonyl (C=O) groups is 2. The van der Waals surface area contributed by atoms with Crippen molar-refractivity contribution in [2.24, 2.45) is 21.9 Å². The predicted molar refractivity (Wildman–Crippen MR) is 325 cm³/mol. The van der Waals surface area contributed by atoms with Crippen LogP contribution in [0.3, 0.4) is 0 Å². The van der Waals surface area contributed by atoms with Crippen LogP contribution >= 0.6 is 31.4 Å². The second-order valence-electron chi connectivity index (χ2n) is 21.0. The van der Waals surface area contributed by atoms with Crippen molar-refractivity contribution in [1.29, 1.82) is 0 Å². The number of fused-ring (bicyclic) bond motifs is 3. The van der Waals surface area contributed by atoms with E-state index in [1.54, 1.807) is 54.6 Å². The van der Waals surface area contributed by atoms with E-state index < -0.39 is 79.7 Å². The van der Waals surface area contributed by atoms with Crippen LogP contribution < -0.4 is 36.7 Å². The summed E-state index contributed by atoms with van der Waals surface area (Å²) < 4.78 is 84.5. The molecule has 3 fully saturated rings. The van der Waals surface area contributed by atoms with E-state index in [1.807, 2.05) is 13.8 Å². The number of hydrogen-bond donors (Lipinski definition) is 5. The number of rotatable bonds is 22. The van der Waals surface area contributed by atoms with Crippen molar-refractivity contribution in [2.45, 2.75) is 93.9 Å². The first-order chi connectivity index (χ1) is 40.3. The molecular weight excluding hydrogens is 1220 g/mol. The molecule has 0 aliphatic carbocycles. The van der Waals surface area contributed by atoms with Gasteiger partial charge in [0.2, 0.25) is 11.8 Å². The second-order valence-corrected chi connectivity index (χ2v) is 28.4. The summed E-state index contributed by atoms with van der Waals surface area (Å²) in [5.41, 5.74) is 7.04. The van der Waals surface area contributed by atoms with E-state index in [2.05, 4.69) is 43.8 Å². The fraction of sp³-hybridized carbons (Fsp3) is 0.383. The van der Waals surface area contributed by atoms with Crippen molar-refractivity contribution in [3.8, 4) is 34.1 Å². The van der Waals surface area contributed by atoms with Crippen molar-refractivity contribution >= 4 is 83.8 Å². The number of likely N-dealkylation sites (tertiary alicyclic amines) is 1. The zero-order chi connectivity index (χ0) is 60.1. The number of halogens is 6. The summed E-state index contributed by atoms with van der Waals surface area (Å²) in [6, 6.07) is 13.1. The first kappa shape index (κ1) is 61.2. The Bertz CT molecular complexity index is 3500. The molecule has 24 heteroatoms. The zero-order valence-electron chi connectivity index (χ0n) is 47.0. The van der Waals surface area contributed by atoms with Gasteiger partial charge in [-0.15, -0.1) is 0 Å². The molecule has 0 spiro atoms. The maximum atomic E-state index is 15.9. The first-order valence-electron chi connectivity index (χ1n) is 27.4. The van der Waals surface area contributed by atoms with Crippen molar-refractivity contribution in [3.63, 3.8) is 0 Å². The van der Waals surface area contributed by atoms with Gasteiger partial charge in [-0.2, -0.15) is 5.10 Å². The van der Waals surface area contributed by atoms with E-state index in [4.69, 9.17) is 52.8 Å². The average molecular weight is 1290 g/mol. The van der Waals surface area contributed by atoms with Gasteiger partial charge in [0.1, 0.15) is 24.1 Å². The molecule has 3 aliphatic rings. The molecule has 2 aromatic heterocycles. The Balaban J connectivity index is 1.00. The number of benzene rings is 4. The summed E-state index contributed by atoms with van der Waals surface area (Å²) in [6.07, 6.45) is 3.12. The van der Waals surface area contributed by atoms with Crippen LogP contribution in [0.1, 0.15) is 79.5 Å². The Morgan fingerprint density at radius 3 is 2.46 bits per heavy atom. The Hall–Kier alpha value is -7.35. The van der Waals surface area contributed by atoms with E-state index in [9.17, 15) is 14.7 Å². The third-order valence-electron chi connectivity index (χ3n) is 15.6. The summed E-state index contributed by atoms with van der Waals surface area (Å²) >= 11 is 5.00. The summed E-state index contributed by atoms with van der Waals surface area (Å²) in [4.78, 5) is 54.3.